The van der Waals surface area contributed by atoms with Gasteiger partial charge < -0.3 is 9.64 Å². The summed E-state index contributed by atoms with van der Waals surface area (Å²) in [6.45, 7) is 5.49. The van der Waals surface area contributed by atoms with Gasteiger partial charge in [-0.25, -0.2) is 4.98 Å². The fraction of sp³-hybridized carbons (Fsp3) is 0.259. The number of fused-ring (bicyclic) bond motifs is 3. The zero-order chi connectivity index (χ0) is 23.1. The molecule has 5 nitrogen and oxygen atoms in total. The molecule has 0 fully saturated rings. The lowest BCUT2D eigenvalue weighted by molar-refractivity contribution is -0.119. The minimum atomic E-state index is -0.442. The molecule has 4 aromatic rings. The van der Waals surface area contributed by atoms with Gasteiger partial charge >= 0.3 is 0 Å². The molecule has 1 amide bonds. The summed E-state index contributed by atoms with van der Waals surface area (Å²) in [6.07, 6.45) is 0. The van der Waals surface area contributed by atoms with Crippen molar-refractivity contribution < 1.29 is 9.53 Å². The lowest BCUT2D eigenvalue weighted by Crippen LogP contribution is -2.40. The van der Waals surface area contributed by atoms with Gasteiger partial charge in [0.15, 0.2) is 5.13 Å². The van der Waals surface area contributed by atoms with Crippen LogP contribution in [0.5, 0.6) is 11.5 Å². The smallest absolute Gasteiger partial charge is 0.241 e. The quantitative estimate of drug-likeness (QED) is 0.383. The van der Waals surface area contributed by atoms with Gasteiger partial charge in [0.25, 0.3) is 0 Å². The van der Waals surface area contributed by atoms with Crippen molar-refractivity contribution in [3.05, 3.63) is 82.9 Å². The SMILES string of the molecule is Cc1ccc2sc(N(CCN(C)C)C(=O)C3c4ccccc4Oc4ccccc43)nc2c1C. The molecule has 1 aliphatic rings. The lowest BCUT2D eigenvalue weighted by Gasteiger charge is -2.31. The van der Waals surface area contributed by atoms with Crippen LogP contribution in [0.2, 0.25) is 0 Å². The van der Waals surface area contributed by atoms with Crippen molar-refractivity contribution in [1.29, 1.82) is 0 Å². The lowest BCUT2D eigenvalue weighted by atomic mass is 9.87. The summed E-state index contributed by atoms with van der Waals surface area (Å²) < 4.78 is 7.23. The number of aromatic nitrogens is 1. The van der Waals surface area contributed by atoms with Gasteiger partial charge in [-0.3, -0.25) is 9.69 Å². The van der Waals surface area contributed by atoms with Gasteiger partial charge in [-0.2, -0.15) is 0 Å². The molecule has 3 aromatic carbocycles. The first-order chi connectivity index (χ1) is 15.9. The highest BCUT2D eigenvalue weighted by Crippen LogP contribution is 2.45. The molecule has 0 saturated heterocycles. The molecule has 0 bridgehead atoms. The Labute approximate surface area is 198 Å². The highest BCUT2D eigenvalue weighted by molar-refractivity contribution is 7.22. The molecule has 0 spiro atoms. The van der Waals surface area contributed by atoms with Crippen LogP contribution < -0.4 is 9.64 Å². The van der Waals surface area contributed by atoms with Gasteiger partial charge in [-0.15, -0.1) is 0 Å². The molecule has 1 aliphatic heterocycles. The number of aryl methyl sites for hydroxylation is 2. The van der Waals surface area contributed by atoms with Gasteiger partial charge in [0.2, 0.25) is 5.91 Å². The second kappa shape index (κ2) is 8.61. The van der Waals surface area contributed by atoms with Crippen LogP contribution in [-0.2, 0) is 4.79 Å². The van der Waals surface area contributed by atoms with E-state index in [0.29, 0.717) is 6.54 Å². The van der Waals surface area contributed by atoms with Crippen LogP contribution in [0.25, 0.3) is 10.2 Å². The third-order valence-corrected chi connectivity index (χ3v) is 7.31. The molecule has 168 valence electrons. The van der Waals surface area contributed by atoms with E-state index in [4.69, 9.17) is 9.72 Å². The molecular formula is C27H27N3O2S. The van der Waals surface area contributed by atoms with E-state index < -0.39 is 5.92 Å². The maximum atomic E-state index is 14.3. The van der Waals surface area contributed by atoms with Crippen LogP contribution in [-0.4, -0.2) is 43.0 Å². The minimum Gasteiger partial charge on any atom is -0.457 e. The van der Waals surface area contributed by atoms with E-state index in [0.717, 1.165) is 50.1 Å². The van der Waals surface area contributed by atoms with Crippen molar-refractivity contribution in [1.82, 2.24) is 9.88 Å². The van der Waals surface area contributed by atoms with Crippen LogP contribution in [0.3, 0.4) is 0 Å². The van der Waals surface area contributed by atoms with E-state index in [1.165, 1.54) is 5.56 Å². The van der Waals surface area contributed by atoms with Crippen molar-refractivity contribution in [2.24, 2.45) is 0 Å². The van der Waals surface area contributed by atoms with Crippen molar-refractivity contribution in [2.45, 2.75) is 19.8 Å². The maximum absolute atomic E-state index is 14.3. The van der Waals surface area contributed by atoms with Crippen molar-refractivity contribution in [3.8, 4) is 11.5 Å². The summed E-state index contributed by atoms with van der Waals surface area (Å²) in [5.74, 6) is 1.05. The molecule has 0 N–H and O–H groups in total. The Balaban J connectivity index is 1.63. The maximum Gasteiger partial charge on any atom is 0.241 e. The first-order valence-electron chi connectivity index (χ1n) is 11.1. The molecule has 0 radical (unpaired) electrons. The van der Waals surface area contributed by atoms with Crippen LogP contribution in [0.4, 0.5) is 5.13 Å². The third kappa shape index (κ3) is 3.90. The number of anilines is 1. The van der Waals surface area contributed by atoms with E-state index in [1.54, 1.807) is 11.3 Å². The van der Waals surface area contributed by atoms with E-state index in [-0.39, 0.29) is 5.91 Å². The van der Waals surface area contributed by atoms with Crippen molar-refractivity contribution in [3.63, 3.8) is 0 Å². The molecule has 5 rings (SSSR count). The molecule has 6 heteroatoms. The zero-order valence-corrected chi connectivity index (χ0v) is 20.1. The number of thiazole rings is 1. The van der Waals surface area contributed by atoms with E-state index in [1.807, 2.05) is 67.5 Å². The summed E-state index contributed by atoms with van der Waals surface area (Å²) in [5, 5.41) is 0.743. The Morgan fingerprint density at radius 2 is 1.58 bits per heavy atom. The van der Waals surface area contributed by atoms with E-state index in [9.17, 15) is 4.79 Å². The molecule has 0 atom stereocenters. The Bertz CT molecular complexity index is 1300. The summed E-state index contributed by atoms with van der Waals surface area (Å²) in [4.78, 5) is 23.2. The van der Waals surface area contributed by atoms with Gasteiger partial charge in [-0.1, -0.05) is 53.8 Å². The van der Waals surface area contributed by atoms with Crippen LogP contribution in [0, 0.1) is 13.8 Å². The number of amides is 1. The average Bonchev–Trinajstić information content (AvgIpc) is 3.24. The predicted octanol–water partition coefficient (Wildman–Crippen LogP) is 5.75. The monoisotopic (exact) mass is 457 g/mol. The second-order valence-corrected chi connectivity index (χ2v) is 9.76. The van der Waals surface area contributed by atoms with Crippen LogP contribution >= 0.6 is 11.3 Å². The number of carbonyl (C=O) groups excluding carboxylic acids is 1. The number of carbonyl (C=O) groups is 1. The Hall–Kier alpha value is -3.22. The number of nitrogens with zero attached hydrogens (tertiary/aromatic N) is 3. The molecule has 1 aromatic heterocycles. The molecule has 2 heterocycles. The zero-order valence-electron chi connectivity index (χ0n) is 19.3. The molecule has 0 saturated carbocycles. The Morgan fingerprint density at radius 3 is 2.21 bits per heavy atom. The van der Waals surface area contributed by atoms with Gasteiger partial charge in [0.05, 0.1) is 16.1 Å². The number of hydrogen-bond acceptors (Lipinski definition) is 5. The average molecular weight is 458 g/mol. The summed E-state index contributed by atoms with van der Waals surface area (Å²) in [6, 6.07) is 19.9. The standard InChI is InChI=1S/C27H27N3O2S/c1-17-13-14-23-25(18(17)2)28-27(33-23)30(16-15-29(3)4)26(31)24-19-9-5-7-11-21(19)32-22-12-8-6-10-20(22)24/h5-14,24H,15-16H2,1-4H3. The Kier molecular flexibility index (Phi) is 5.64. The highest BCUT2D eigenvalue weighted by Gasteiger charge is 2.36. The molecular weight excluding hydrogens is 430 g/mol. The first kappa shape index (κ1) is 21.6. The summed E-state index contributed by atoms with van der Waals surface area (Å²) in [5.41, 5.74) is 5.13. The number of para-hydroxylation sites is 2. The topological polar surface area (TPSA) is 45.7 Å². The second-order valence-electron chi connectivity index (χ2n) is 8.75. The highest BCUT2D eigenvalue weighted by atomic mass is 32.1. The van der Waals surface area contributed by atoms with Crippen LogP contribution in [0.15, 0.2) is 60.7 Å². The number of benzene rings is 3. The minimum absolute atomic E-state index is 0.0217. The van der Waals surface area contributed by atoms with E-state index in [2.05, 4.69) is 30.9 Å². The van der Waals surface area contributed by atoms with Gasteiger partial charge in [0.1, 0.15) is 11.5 Å². The number of hydrogen-bond donors (Lipinski definition) is 0. The van der Waals surface area contributed by atoms with Crippen molar-refractivity contribution in [2.75, 3.05) is 32.1 Å². The summed E-state index contributed by atoms with van der Waals surface area (Å²) in [7, 11) is 4.04. The largest absolute Gasteiger partial charge is 0.457 e. The normalized spacial score (nSPS) is 13.0. The summed E-state index contributed by atoms with van der Waals surface area (Å²) >= 11 is 1.58. The third-order valence-electron chi connectivity index (χ3n) is 6.27. The van der Waals surface area contributed by atoms with Crippen LogP contribution in [0.1, 0.15) is 28.2 Å². The van der Waals surface area contributed by atoms with Gasteiger partial charge in [-0.05, 0) is 57.3 Å². The number of ether oxygens (including phenoxy) is 1. The number of rotatable bonds is 5. The van der Waals surface area contributed by atoms with Crippen molar-refractivity contribution >= 4 is 32.6 Å². The van der Waals surface area contributed by atoms with E-state index >= 15 is 0 Å². The molecule has 0 unspecified atom stereocenters. The fourth-order valence-corrected chi connectivity index (χ4v) is 5.32. The molecule has 0 aliphatic carbocycles. The Morgan fingerprint density at radius 1 is 0.939 bits per heavy atom. The first-order valence-corrected chi connectivity index (χ1v) is 11.9. The number of likely N-dealkylation sites (N-methyl/N-ethyl adjacent to an activating group) is 1. The van der Waals surface area contributed by atoms with Gasteiger partial charge in [0, 0.05) is 24.2 Å². The molecule has 33 heavy (non-hydrogen) atoms. The predicted molar refractivity (Wildman–Crippen MR) is 135 cm³/mol. The fourth-order valence-electron chi connectivity index (χ4n) is 4.26.